The van der Waals surface area contributed by atoms with Crippen LogP contribution in [0.5, 0.6) is 0 Å². The first-order valence-corrected chi connectivity index (χ1v) is 17.3. The van der Waals surface area contributed by atoms with E-state index in [2.05, 4.69) is 41.5 Å². The highest BCUT2D eigenvalue weighted by atomic mass is 16.3. The zero-order chi connectivity index (χ0) is 32.6. The van der Waals surface area contributed by atoms with Crippen molar-refractivity contribution in [1.82, 2.24) is 0 Å². The summed E-state index contributed by atoms with van der Waals surface area (Å²) in [5.41, 5.74) is -4.23. The molecule has 6 heteroatoms. The Hall–Kier alpha value is -1.34. The van der Waals surface area contributed by atoms with Gasteiger partial charge in [0.2, 0.25) is 0 Å². The van der Waals surface area contributed by atoms with Gasteiger partial charge in [-0.15, -0.1) is 0 Å². The van der Waals surface area contributed by atoms with E-state index < -0.39 is 56.4 Å². The number of carbonyl (C=O) groups excluding carboxylic acids is 2. The Bertz CT molecular complexity index is 1440. The molecule has 0 aromatic carbocycles. The van der Waals surface area contributed by atoms with Crippen molar-refractivity contribution in [1.29, 1.82) is 0 Å². The van der Waals surface area contributed by atoms with E-state index in [9.17, 15) is 30.0 Å². The zero-order valence-corrected chi connectivity index (χ0v) is 28.7. The average Bonchev–Trinajstić information content (AvgIpc) is 2.89. The van der Waals surface area contributed by atoms with Crippen LogP contribution in [-0.4, -0.2) is 54.4 Å². The van der Waals surface area contributed by atoms with Gasteiger partial charge in [0.25, 0.3) is 0 Å². The molecule has 8 rings (SSSR count). The highest BCUT2D eigenvalue weighted by Crippen LogP contribution is 2.80. The molecule has 44 heavy (non-hydrogen) atoms. The molecular weight excluding hydrogens is 552 g/mol. The lowest BCUT2D eigenvalue weighted by atomic mass is 9.28. The lowest BCUT2D eigenvalue weighted by molar-refractivity contribution is -0.226. The van der Waals surface area contributed by atoms with Gasteiger partial charge in [-0.05, 0) is 119 Å². The van der Waals surface area contributed by atoms with Gasteiger partial charge in [0.15, 0.2) is 11.6 Å². The summed E-state index contributed by atoms with van der Waals surface area (Å²) in [5.74, 6) is -2.13. The van der Waals surface area contributed by atoms with Crippen molar-refractivity contribution in [2.45, 2.75) is 143 Å². The predicted molar refractivity (Wildman–Crippen MR) is 168 cm³/mol. The second-order valence-electron chi connectivity index (χ2n) is 19.0. The highest BCUT2D eigenvalue weighted by molar-refractivity contribution is 6.03. The van der Waals surface area contributed by atoms with E-state index in [4.69, 9.17) is 0 Å². The Kier molecular flexibility index (Phi) is 5.83. The summed E-state index contributed by atoms with van der Waals surface area (Å²) < 4.78 is 0. The summed E-state index contributed by atoms with van der Waals surface area (Å²) in [6.45, 7) is 20.4. The second kappa shape index (κ2) is 8.20. The van der Waals surface area contributed by atoms with E-state index in [1.807, 2.05) is 13.8 Å². The average molecular weight is 609 g/mol. The molecular formula is C38H56O6. The van der Waals surface area contributed by atoms with Crippen LogP contribution in [0.15, 0.2) is 22.8 Å². The molecule has 0 aromatic rings. The van der Waals surface area contributed by atoms with Crippen LogP contribution < -0.4 is 0 Å². The molecule has 0 aromatic heterocycles. The van der Waals surface area contributed by atoms with Crippen LogP contribution in [0.3, 0.4) is 0 Å². The SMILES string of the molecule is CC1(O)C(=O)C2C3=C(CCC4C3(C)CC[C@@](C)(O)C4(C)C)C1C1C23CCC2C(C)(CC[C@@](C)(O)C2(C)C)C3=CC(=O)[C@]1(C)O. The van der Waals surface area contributed by atoms with Crippen LogP contribution in [0, 0.1) is 56.7 Å². The van der Waals surface area contributed by atoms with E-state index >= 15 is 0 Å². The zero-order valence-electron chi connectivity index (χ0n) is 28.7. The summed E-state index contributed by atoms with van der Waals surface area (Å²) in [6.07, 6.45) is 7.35. The number of rotatable bonds is 0. The third-order valence-corrected chi connectivity index (χ3v) is 16.8. The van der Waals surface area contributed by atoms with Crippen molar-refractivity contribution < 1.29 is 30.0 Å². The summed E-state index contributed by atoms with van der Waals surface area (Å²) in [6, 6.07) is 0. The van der Waals surface area contributed by atoms with Crippen molar-refractivity contribution in [3.05, 3.63) is 22.8 Å². The van der Waals surface area contributed by atoms with E-state index in [1.54, 1.807) is 19.9 Å². The first-order chi connectivity index (χ1) is 19.9. The van der Waals surface area contributed by atoms with Crippen molar-refractivity contribution in [2.75, 3.05) is 0 Å². The van der Waals surface area contributed by atoms with Gasteiger partial charge in [0, 0.05) is 17.3 Å². The first kappa shape index (κ1) is 31.3. The van der Waals surface area contributed by atoms with E-state index in [0.717, 1.165) is 36.0 Å². The number of hydrogen-bond donors (Lipinski definition) is 4. The molecule has 0 radical (unpaired) electrons. The fraction of sp³-hybridized carbons (Fsp3) is 0.842. The fourth-order valence-corrected chi connectivity index (χ4v) is 13.6. The second-order valence-corrected chi connectivity index (χ2v) is 19.0. The van der Waals surface area contributed by atoms with Crippen molar-refractivity contribution in [3.63, 3.8) is 0 Å². The topological polar surface area (TPSA) is 115 Å². The molecule has 4 fully saturated rings. The van der Waals surface area contributed by atoms with Crippen LogP contribution in [0.25, 0.3) is 0 Å². The van der Waals surface area contributed by atoms with Gasteiger partial charge in [-0.25, -0.2) is 0 Å². The quantitative estimate of drug-likeness (QED) is 0.262. The predicted octanol–water partition coefficient (Wildman–Crippen LogP) is 5.70. The van der Waals surface area contributed by atoms with Gasteiger partial charge in [0.05, 0.1) is 17.1 Å². The Balaban J connectivity index is 1.51. The minimum atomic E-state index is -1.72. The van der Waals surface area contributed by atoms with Gasteiger partial charge < -0.3 is 20.4 Å². The lowest BCUT2D eigenvalue weighted by Crippen LogP contribution is -2.77. The molecule has 8 aliphatic rings. The Labute approximate surface area is 263 Å². The van der Waals surface area contributed by atoms with Gasteiger partial charge >= 0.3 is 0 Å². The largest absolute Gasteiger partial charge is 0.390 e. The Morgan fingerprint density at radius 1 is 0.659 bits per heavy atom. The lowest BCUT2D eigenvalue weighted by Gasteiger charge is -2.75. The standard InChI is InChI=1S/C38H56O6/c1-30(2)21-12-11-20-25(33(21,6)16-18-35(30,8)42)27-29(40)37(10,44)26(20)28-36(9,43)24(39)19-23-32(5)15-17-34(7,41)31(3,4)22(32)13-14-38(23,27)28/h19,21-22,26-28,41-44H,11-18H2,1-10H3/t21?,22?,26?,27?,28?,32?,33?,34-,35-,36+,37?,38?/m1/s1. The molecule has 12 atom stereocenters. The number of ketones is 2. The Morgan fingerprint density at radius 3 is 1.75 bits per heavy atom. The molecule has 0 amide bonds. The highest BCUT2D eigenvalue weighted by Gasteiger charge is 2.80. The van der Waals surface area contributed by atoms with Crippen molar-refractivity contribution >= 4 is 11.6 Å². The van der Waals surface area contributed by atoms with Crippen molar-refractivity contribution in [2.24, 2.45) is 56.7 Å². The molecule has 6 nitrogen and oxygen atoms in total. The van der Waals surface area contributed by atoms with E-state index in [0.29, 0.717) is 32.1 Å². The summed E-state index contributed by atoms with van der Waals surface area (Å²) >= 11 is 0. The number of carbonyl (C=O) groups is 2. The Morgan fingerprint density at radius 2 is 1.18 bits per heavy atom. The third kappa shape index (κ3) is 3.10. The molecule has 4 N–H and O–H groups in total. The van der Waals surface area contributed by atoms with Crippen LogP contribution >= 0.6 is 0 Å². The molecule has 244 valence electrons. The van der Waals surface area contributed by atoms with Crippen LogP contribution in [-0.2, 0) is 9.59 Å². The number of hydrogen-bond acceptors (Lipinski definition) is 6. The summed E-state index contributed by atoms with van der Waals surface area (Å²) in [7, 11) is 0. The van der Waals surface area contributed by atoms with Crippen LogP contribution in [0.1, 0.15) is 121 Å². The fourth-order valence-electron chi connectivity index (χ4n) is 13.6. The smallest absolute Gasteiger partial charge is 0.187 e. The number of allylic oxidation sites excluding steroid dienone is 2. The molecule has 9 unspecified atom stereocenters. The maximum absolute atomic E-state index is 15.0. The summed E-state index contributed by atoms with van der Waals surface area (Å²) in [4.78, 5) is 29.1. The van der Waals surface area contributed by atoms with Gasteiger partial charge in [-0.1, -0.05) is 58.3 Å². The molecule has 0 aliphatic heterocycles. The third-order valence-electron chi connectivity index (χ3n) is 16.8. The van der Waals surface area contributed by atoms with E-state index in [-0.39, 0.29) is 34.2 Å². The molecule has 8 aliphatic carbocycles. The van der Waals surface area contributed by atoms with E-state index in [1.165, 1.54) is 0 Å². The normalized spacial score (nSPS) is 57.0. The minimum absolute atomic E-state index is 0.0926. The van der Waals surface area contributed by atoms with Gasteiger partial charge in [-0.3, -0.25) is 9.59 Å². The monoisotopic (exact) mass is 608 g/mol. The number of aliphatic hydroxyl groups is 4. The molecule has 2 bridgehead atoms. The maximum Gasteiger partial charge on any atom is 0.187 e. The molecule has 0 saturated heterocycles. The molecule has 0 heterocycles. The minimum Gasteiger partial charge on any atom is -0.390 e. The summed E-state index contributed by atoms with van der Waals surface area (Å²) in [5, 5.41) is 47.8. The van der Waals surface area contributed by atoms with Gasteiger partial charge in [0.1, 0.15) is 11.2 Å². The molecule has 4 saturated carbocycles. The molecule has 1 spiro atoms. The first-order valence-electron chi connectivity index (χ1n) is 17.3. The maximum atomic E-state index is 15.0. The number of fused-ring (bicyclic) bond motifs is 4. The van der Waals surface area contributed by atoms with Crippen LogP contribution in [0.4, 0.5) is 0 Å². The number of Topliss-reactive ketones (excluding diaryl/α,β-unsaturated/α-hetero) is 1. The van der Waals surface area contributed by atoms with Crippen molar-refractivity contribution in [3.8, 4) is 0 Å². The van der Waals surface area contributed by atoms with Crippen LogP contribution in [0.2, 0.25) is 0 Å². The van der Waals surface area contributed by atoms with Gasteiger partial charge in [-0.2, -0.15) is 0 Å².